The van der Waals surface area contributed by atoms with Crippen molar-refractivity contribution in [1.82, 2.24) is 10.2 Å². The van der Waals surface area contributed by atoms with Crippen molar-refractivity contribution in [3.05, 3.63) is 94.3 Å². The molecule has 1 fully saturated rings. The lowest BCUT2D eigenvalue weighted by Crippen LogP contribution is -2.29. The van der Waals surface area contributed by atoms with E-state index in [1.165, 1.54) is 22.7 Å². The van der Waals surface area contributed by atoms with E-state index in [2.05, 4.69) is 17.1 Å². The number of ketones is 1. The minimum Gasteiger partial charge on any atom is -0.507 e. The van der Waals surface area contributed by atoms with E-state index in [0.717, 1.165) is 35.5 Å². The molecule has 0 unspecified atom stereocenters. The van der Waals surface area contributed by atoms with Gasteiger partial charge in [0.05, 0.1) is 24.8 Å². The summed E-state index contributed by atoms with van der Waals surface area (Å²) in [6.45, 7) is 6.76. The fourth-order valence-electron chi connectivity index (χ4n) is 5.59. The van der Waals surface area contributed by atoms with Crippen molar-refractivity contribution in [1.29, 1.82) is 0 Å². The molecule has 12 heteroatoms. The highest BCUT2D eigenvalue weighted by molar-refractivity contribution is 8.00. The maximum Gasteiger partial charge on any atom is 0.301 e. The molecule has 4 aromatic rings. The van der Waals surface area contributed by atoms with Crippen LogP contribution in [0.4, 0.5) is 9.52 Å². The lowest BCUT2D eigenvalue weighted by Gasteiger charge is -2.23. The third kappa shape index (κ3) is 6.70. The number of carbonyl (C=O) groups is 2. The van der Waals surface area contributed by atoms with Crippen LogP contribution >= 0.6 is 23.1 Å². The number of amides is 1. The number of rotatable bonds is 12. The van der Waals surface area contributed by atoms with E-state index in [1.54, 1.807) is 54.6 Å². The van der Waals surface area contributed by atoms with E-state index < -0.39 is 17.7 Å². The second kappa shape index (κ2) is 14.1. The van der Waals surface area contributed by atoms with Gasteiger partial charge >= 0.3 is 5.91 Å². The minimum absolute atomic E-state index is 0.00845. The number of halogens is 1. The zero-order chi connectivity index (χ0) is 33.1. The zero-order valence-corrected chi connectivity index (χ0v) is 27.8. The van der Waals surface area contributed by atoms with E-state index in [-0.39, 0.29) is 28.4 Å². The number of fused-ring (bicyclic) bond motifs is 1. The number of benzene rings is 3. The average molecular weight is 676 g/mol. The van der Waals surface area contributed by atoms with Crippen LogP contribution in [0.25, 0.3) is 5.76 Å². The third-order valence-electron chi connectivity index (χ3n) is 7.86. The Bertz CT molecular complexity index is 1840. The van der Waals surface area contributed by atoms with Gasteiger partial charge in [-0.1, -0.05) is 60.7 Å². The van der Waals surface area contributed by atoms with Gasteiger partial charge in [-0.05, 0) is 73.4 Å². The van der Waals surface area contributed by atoms with Crippen molar-refractivity contribution in [3.63, 3.8) is 0 Å². The highest BCUT2D eigenvalue weighted by Crippen LogP contribution is 2.46. The van der Waals surface area contributed by atoms with Gasteiger partial charge in [0.2, 0.25) is 5.13 Å². The van der Waals surface area contributed by atoms with Gasteiger partial charge in [-0.15, -0.1) is 10.2 Å². The Kier molecular flexibility index (Phi) is 9.79. The summed E-state index contributed by atoms with van der Waals surface area (Å²) < 4.78 is 32.5. The first-order valence-corrected chi connectivity index (χ1v) is 17.3. The molecule has 9 nitrogen and oxygen atoms in total. The molecule has 0 spiro atoms. The first-order chi connectivity index (χ1) is 22.8. The van der Waals surface area contributed by atoms with Crippen LogP contribution in [0.2, 0.25) is 0 Å². The van der Waals surface area contributed by atoms with Crippen molar-refractivity contribution in [2.45, 2.75) is 62.3 Å². The summed E-state index contributed by atoms with van der Waals surface area (Å²) in [7, 11) is 0. The van der Waals surface area contributed by atoms with Gasteiger partial charge in [0, 0.05) is 17.7 Å². The standard InChI is InChI=1S/C35H34FN3O6S2/c1-4-6-15-44-27-14-11-21(18-28(27)43-5-2)30-29(31(40)22-12-13-26-24(17-22)16-20(3)45-26)32(41)33(42)39(30)34-37-38-35(47-34)46-19-23-9-7-8-10-25(23)36/h7-14,17-18,20,30,40H,4-6,15-16,19H2,1-3H3/t20-,30-/m0/s1. The Morgan fingerprint density at radius 2 is 1.91 bits per heavy atom. The zero-order valence-electron chi connectivity index (χ0n) is 26.2. The van der Waals surface area contributed by atoms with E-state index in [9.17, 15) is 19.1 Å². The van der Waals surface area contributed by atoms with Crippen molar-refractivity contribution < 1.29 is 33.3 Å². The summed E-state index contributed by atoms with van der Waals surface area (Å²) in [5.74, 6) is -0.312. The van der Waals surface area contributed by atoms with Gasteiger partial charge in [0.1, 0.15) is 23.4 Å². The normalized spacial score (nSPS) is 18.3. The number of Topliss-reactive ketones (excluding diaryl/α,β-unsaturated/α-hetero) is 1. The van der Waals surface area contributed by atoms with Crippen LogP contribution in [0.5, 0.6) is 17.2 Å². The largest absolute Gasteiger partial charge is 0.507 e. The Hall–Kier alpha value is -4.42. The molecule has 2 aliphatic heterocycles. The number of hydrogen-bond acceptors (Lipinski definition) is 10. The molecule has 1 aromatic heterocycles. The fraction of sp³-hybridized carbons (Fsp3) is 0.314. The molecule has 3 heterocycles. The monoisotopic (exact) mass is 675 g/mol. The van der Waals surface area contributed by atoms with E-state index in [4.69, 9.17) is 14.2 Å². The summed E-state index contributed by atoms with van der Waals surface area (Å²) in [5.41, 5.74) is 2.24. The number of aromatic nitrogens is 2. The summed E-state index contributed by atoms with van der Waals surface area (Å²) in [5, 5.41) is 20.4. The van der Waals surface area contributed by atoms with Crippen molar-refractivity contribution in [2.75, 3.05) is 18.1 Å². The van der Waals surface area contributed by atoms with Crippen LogP contribution in [0.3, 0.4) is 0 Å². The lowest BCUT2D eigenvalue weighted by molar-refractivity contribution is -0.132. The van der Waals surface area contributed by atoms with E-state index in [0.29, 0.717) is 57.9 Å². The van der Waals surface area contributed by atoms with Gasteiger partial charge in [-0.25, -0.2) is 4.39 Å². The molecule has 0 aliphatic carbocycles. The molecular weight excluding hydrogens is 642 g/mol. The number of hydrogen-bond donors (Lipinski definition) is 1. The molecule has 3 aromatic carbocycles. The maximum absolute atomic E-state index is 14.2. The summed E-state index contributed by atoms with van der Waals surface area (Å²) >= 11 is 2.39. The number of thioether (sulfide) groups is 1. The van der Waals surface area contributed by atoms with Crippen molar-refractivity contribution in [3.8, 4) is 17.2 Å². The maximum atomic E-state index is 14.2. The summed E-state index contributed by atoms with van der Waals surface area (Å²) in [6, 6.07) is 15.9. The minimum atomic E-state index is -1.04. The molecule has 2 atom stereocenters. The first kappa shape index (κ1) is 32.5. The van der Waals surface area contributed by atoms with Gasteiger partial charge in [0.25, 0.3) is 5.78 Å². The number of aliphatic hydroxyl groups is 1. The van der Waals surface area contributed by atoms with Crippen LogP contribution in [-0.2, 0) is 21.8 Å². The predicted molar refractivity (Wildman–Crippen MR) is 179 cm³/mol. The Morgan fingerprint density at radius 1 is 1.09 bits per heavy atom. The number of carbonyl (C=O) groups excluding carboxylic acids is 2. The Labute approximate surface area is 280 Å². The van der Waals surface area contributed by atoms with Crippen LogP contribution in [0.1, 0.15) is 61.9 Å². The van der Waals surface area contributed by atoms with E-state index >= 15 is 0 Å². The van der Waals surface area contributed by atoms with Crippen LogP contribution in [0.15, 0.2) is 70.6 Å². The lowest BCUT2D eigenvalue weighted by atomic mass is 9.94. The molecule has 47 heavy (non-hydrogen) atoms. The van der Waals surface area contributed by atoms with Crippen LogP contribution < -0.4 is 19.1 Å². The summed E-state index contributed by atoms with van der Waals surface area (Å²) in [6.07, 6.45) is 2.48. The van der Waals surface area contributed by atoms with Gasteiger partial charge in [0.15, 0.2) is 15.8 Å². The molecule has 244 valence electrons. The first-order valence-electron chi connectivity index (χ1n) is 15.5. The number of nitrogens with zero attached hydrogens (tertiary/aromatic N) is 3. The second-order valence-corrected chi connectivity index (χ2v) is 13.4. The topological polar surface area (TPSA) is 111 Å². The van der Waals surface area contributed by atoms with Crippen molar-refractivity contribution >= 4 is 45.7 Å². The van der Waals surface area contributed by atoms with E-state index in [1.807, 2.05) is 13.8 Å². The smallest absolute Gasteiger partial charge is 0.301 e. The molecule has 1 saturated heterocycles. The molecular formula is C35H34FN3O6S2. The number of aliphatic hydroxyl groups excluding tert-OH is 1. The Balaban J connectivity index is 1.42. The SMILES string of the molecule is CCCCOc1ccc([C@H]2C(=C(O)c3ccc4c(c3)C[C@H](C)O4)C(=O)C(=O)N2c2nnc(SCc3ccccc3F)s2)cc1OCC. The van der Waals surface area contributed by atoms with Crippen LogP contribution in [0, 0.1) is 5.82 Å². The Morgan fingerprint density at radius 3 is 2.70 bits per heavy atom. The highest BCUT2D eigenvalue weighted by atomic mass is 32.2. The van der Waals surface area contributed by atoms with Crippen LogP contribution in [-0.4, -0.2) is 46.3 Å². The predicted octanol–water partition coefficient (Wildman–Crippen LogP) is 7.50. The third-order valence-corrected chi connectivity index (χ3v) is 9.97. The average Bonchev–Trinajstić information content (AvgIpc) is 3.76. The molecule has 1 N–H and O–H groups in total. The fourth-order valence-corrected chi connectivity index (χ4v) is 7.45. The molecule has 2 aliphatic rings. The molecule has 1 amide bonds. The molecule has 0 radical (unpaired) electrons. The highest BCUT2D eigenvalue weighted by Gasteiger charge is 2.48. The number of anilines is 1. The molecule has 6 rings (SSSR count). The second-order valence-electron chi connectivity index (χ2n) is 11.2. The molecule has 0 saturated carbocycles. The van der Waals surface area contributed by atoms with Crippen molar-refractivity contribution in [2.24, 2.45) is 0 Å². The van der Waals surface area contributed by atoms with Gasteiger partial charge in [-0.2, -0.15) is 0 Å². The number of unbranched alkanes of at least 4 members (excludes halogenated alkanes) is 1. The van der Waals surface area contributed by atoms with Gasteiger partial charge < -0.3 is 19.3 Å². The summed E-state index contributed by atoms with van der Waals surface area (Å²) in [4.78, 5) is 28.9. The molecule has 0 bridgehead atoms. The van der Waals surface area contributed by atoms with Gasteiger partial charge in [-0.3, -0.25) is 14.5 Å². The quantitative estimate of drug-likeness (QED) is 0.0408. The number of ether oxygens (including phenoxy) is 3.